The lowest BCUT2D eigenvalue weighted by Crippen LogP contribution is -2.40. The number of carbonyl (C=O) groups excluding carboxylic acids is 1. The zero-order valence-corrected chi connectivity index (χ0v) is 23.1. The van der Waals surface area contributed by atoms with Gasteiger partial charge in [0.1, 0.15) is 11.8 Å². The second kappa shape index (κ2) is 10.9. The van der Waals surface area contributed by atoms with E-state index >= 15 is 0 Å². The molecule has 0 radical (unpaired) electrons. The Bertz CT molecular complexity index is 1740. The van der Waals surface area contributed by atoms with Crippen LogP contribution in [0.1, 0.15) is 23.4 Å². The van der Waals surface area contributed by atoms with Gasteiger partial charge in [-0.2, -0.15) is 0 Å². The minimum atomic E-state index is -1.07. The topological polar surface area (TPSA) is 110 Å². The second-order valence-corrected chi connectivity index (χ2v) is 11.1. The molecule has 0 saturated heterocycles. The Hall–Kier alpha value is -3.80. The van der Waals surface area contributed by atoms with Crippen LogP contribution in [-0.2, 0) is 9.59 Å². The molecule has 1 atom stereocenters. The summed E-state index contributed by atoms with van der Waals surface area (Å²) in [5, 5.41) is 13.7. The highest BCUT2D eigenvalue weighted by molar-refractivity contribution is 9.10. The number of carboxylic acid groups (broad SMARTS) is 1. The number of nitrogens with zero attached hydrogens (tertiary/aromatic N) is 2. The summed E-state index contributed by atoms with van der Waals surface area (Å²) in [6.45, 7) is 1.32. The molecule has 3 heterocycles. The van der Waals surface area contributed by atoms with Crippen molar-refractivity contribution in [2.75, 3.05) is 11.9 Å². The number of halogens is 1. The van der Waals surface area contributed by atoms with Gasteiger partial charge in [-0.25, -0.2) is 9.79 Å². The van der Waals surface area contributed by atoms with Gasteiger partial charge in [0.2, 0.25) is 0 Å². The Morgan fingerprint density at radius 3 is 2.66 bits per heavy atom. The third-order valence-electron chi connectivity index (χ3n) is 5.72. The zero-order chi connectivity index (χ0) is 26.8. The Morgan fingerprint density at radius 2 is 1.97 bits per heavy atom. The smallest absolute Gasteiger partial charge is 0.341 e. The largest absolute Gasteiger partial charge is 0.481 e. The number of carbonyl (C=O) groups is 2. The normalized spacial score (nSPS) is 15.1. The summed E-state index contributed by atoms with van der Waals surface area (Å²) in [4.78, 5) is 44.0. The zero-order valence-electron chi connectivity index (χ0n) is 19.9. The number of thiazole rings is 1. The number of aromatic nitrogens is 1. The van der Waals surface area contributed by atoms with Crippen LogP contribution >= 0.6 is 38.6 Å². The van der Waals surface area contributed by atoms with Crippen molar-refractivity contribution in [1.29, 1.82) is 0 Å². The van der Waals surface area contributed by atoms with Crippen molar-refractivity contribution in [1.82, 2.24) is 4.57 Å². The van der Waals surface area contributed by atoms with E-state index in [4.69, 9.17) is 9.84 Å². The van der Waals surface area contributed by atoms with E-state index in [0.29, 0.717) is 36.5 Å². The molecule has 2 aromatic carbocycles. The van der Waals surface area contributed by atoms with Crippen molar-refractivity contribution in [2.45, 2.75) is 13.0 Å². The number of para-hydroxylation sites is 1. The maximum atomic E-state index is 13.7. The summed E-state index contributed by atoms with van der Waals surface area (Å²) in [6, 6.07) is 17.5. The van der Waals surface area contributed by atoms with E-state index in [1.807, 2.05) is 35.7 Å². The van der Waals surface area contributed by atoms with Gasteiger partial charge in [-0.15, -0.1) is 11.3 Å². The number of hydrogen-bond acceptors (Lipinski definition) is 7. The van der Waals surface area contributed by atoms with Crippen molar-refractivity contribution >= 4 is 62.2 Å². The van der Waals surface area contributed by atoms with Crippen molar-refractivity contribution < 1.29 is 19.4 Å². The molecular formula is C27H20BrN3O5S2. The molecule has 0 bridgehead atoms. The van der Waals surface area contributed by atoms with E-state index in [1.165, 1.54) is 22.7 Å². The highest BCUT2D eigenvalue weighted by Gasteiger charge is 2.33. The minimum absolute atomic E-state index is 0.257. The van der Waals surface area contributed by atoms with Crippen LogP contribution in [0.4, 0.5) is 5.69 Å². The first-order chi connectivity index (χ1) is 18.3. The minimum Gasteiger partial charge on any atom is -0.481 e. The number of ether oxygens (including phenoxy) is 1. The summed E-state index contributed by atoms with van der Waals surface area (Å²) >= 11 is 6.11. The Kier molecular flexibility index (Phi) is 7.41. The van der Waals surface area contributed by atoms with Gasteiger partial charge in [-0.3, -0.25) is 14.2 Å². The average Bonchev–Trinajstić information content (AvgIpc) is 3.52. The van der Waals surface area contributed by atoms with Gasteiger partial charge in [0.05, 0.1) is 20.3 Å². The number of carboxylic acids is 1. The predicted molar refractivity (Wildman–Crippen MR) is 150 cm³/mol. The number of nitrogens with one attached hydrogen (secondary N) is 1. The molecule has 8 nitrogen and oxygen atoms in total. The van der Waals surface area contributed by atoms with Gasteiger partial charge in [0, 0.05) is 10.6 Å². The fraction of sp³-hybridized carbons (Fsp3) is 0.111. The number of anilines is 1. The van der Waals surface area contributed by atoms with Crippen molar-refractivity contribution in [3.8, 4) is 5.75 Å². The van der Waals surface area contributed by atoms with E-state index in [2.05, 4.69) is 26.2 Å². The number of allylic oxidation sites excluding steroid dienone is 1. The molecule has 1 aliphatic rings. The van der Waals surface area contributed by atoms with Gasteiger partial charge in [-0.1, -0.05) is 41.7 Å². The summed E-state index contributed by atoms with van der Waals surface area (Å²) in [5.74, 6) is -1.01. The third-order valence-corrected chi connectivity index (χ3v) is 8.24. The molecule has 0 aliphatic carbocycles. The summed E-state index contributed by atoms with van der Waals surface area (Å²) < 4.78 is 7.85. The van der Waals surface area contributed by atoms with Crippen LogP contribution in [0.15, 0.2) is 91.6 Å². The highest BCUT2D eigenvalue weighted by atomic mass is 79.9. The molecule has 1 amide bonds. The lowest BCUT2D eigenvalue weighted by Gasteiger charge is -2.24. The molecule has 192 valence electrons. The SMILES string of the molecule is CC1=C(C(=O)Nc2ccccc2)C(c2cccs2)n2c(s/c(=C\c3ccc(OCC(=O)O)c(Br)c3)c2=O)=N1. The molecule has 0 fully saturated rings. The quantitative estimate of drug-likeness (QED) is 0.327. The molecule has 4 aromatic rings. The molecule has 11 heteroatoms. The molecule has 2 aromatic heterocycles. The number of rotatable bonds is 7. The van der Waals surface area contributed by atoms with E-state index < -0.39 is 18.6 Å². The number of benzene rings is 2. The monoisotopic (exact) mass is 609 g/mol. The van der Waals surface area contributed by atoms with Crippen molar-refractivity contribution in [3.63, 3.8) is 0 Å². The first kappa shape index (κ1) is 25.8. The second-order valence-electron chi connectivity index (χ2n) is 8.29. The molecule has 2 N–H and O–H groups in total. The Labute approximate surface area is 233 Å². The highest BCUT2D eigenvalue weighted by Crippen LogP contribution is 2.33. The predicted octanol–water partition coefficient (Wildman–Crippen LogP) is 4.16. The lowest BCUT2D eigenvalue weighted by atomic mass is 10.0. The number of thiophene rings is 1. The van der Waals surface area contributed by atoms with Crippen LogP contribution in [0, 0.1) is 0 Å². The van der Waals surface area contributed by atoms with Crippen LogP contribution in [0.3, 0.4) is 0 Å². The molecule has 5 rings (SSSR count). The first-order valence-corrected chi connectivity index (χ1v) is 13.9. The number of hydrogen-bond donors (Lipinski definition) is 2. The third kappa shape index (κ3) is 5.26. The number of fused-ring (bicyclic) bond motifs is 1. The van der Waals surface area contributed by atoms with E-state index in [0.717, 1.165) is 10.4 Å². The molecule has 0 spiro atoms. The maximum Gasteiger partial charge on any atom is 0.341 e. The molecule has 0 saturated carbocycles. The van der Waals surface area contributed by atoms with Crippen LogP contribution in [-0.4, -0.2) is 28.2 Å². The van der Waals surface area contributed by atoms with E-state index in [1.54, 1.807) is 47.9 Å². The van der Waals surface area contributed by atoms with Crippen molar-refractivity contribution in [3.05, 3.63) is 112 Å². The number of aliphatic carboxylic acids is 1. The summed E-state index contributed by atoms with van der Waals surface area (Å²) in [6.07, 6.45) is 1.74. The Balaban J connectivity index is 1.56. The summed E-state index contributed by atoms with van der Waals surface area (Å²) in [5.41, 5.74) is 2.08. The fourth-order valence-electron chi connectivity index (χ4n) is 4.06. The van der Waals surface area contributed by atoms with Crippen LogP contribution in [0.2, 0.25) is 0 Å². The van der Waals surface area contributed by atoms with E-state index in [9.17, 15) is 14.4 Å². The van der Waals surface area contributed by atoms with Crippen molar-refractivity contribution in [2.24, 2.45) is 4.99 Å². The average molecular weight is 611 g/mol. The molecule has 38 heavy (non-hydrogen) atoms. The molecule has 1 aliphatic heterocycles. The van der Waals surface area contributed by atoms with Gasteiger partial charge < -0.3 is 15.2 Å². The van der Waals surface area contributed by atoms with Gasteiger partial charge in [0.25, 0.3) is 11.5 Å². The van der Waals surface area contributed by atoms with Crippen LogP contribution in [0.25, 0.3) is 6.08 Å². The van der Waals surface area contributed by atoms with Gasteiger partial charge in [-0.05, 0) is 70.2 Å². The van der Waals surface area contributed by atoms with Gasteiger partial charge >= 0.3 is 5.97 Å². The maximum absolute atomic E-state index is 13.7. The van der Waals surface area contributed by atoms with Crippen LogP contribution in [0.5, 0.6) is 5.75 Å². The standard InChI is InChI=1S/C27H20BrN3O5S2/c1-15-23(25(34)30-17-6-3-2-4-7-17)24(20-8-5-11-37-20)31-26(35)21(38-27(31)29-15)13-16-9-10-19(18(28)12-16)36-14-22(32)33/h2-13,24H,14H2,1H3,(H,30,34)(H,32,33)/b21-13-. The van der Waals surface area contributed by atoms with E-state index in [-0.39, 0.29) is 11.5 Å². The molecular weight excluding hydrogens is 590 g/mol. The molecule has 1 unspecified atom stereocenters. The number of amides is 1. The first-order valence-electron chi connectivity index (χ1n) is 11.4. The fourth-order valence-corrected chi connectivity index (χ4v) is 6.44. The lowest BCUT2D eigenvalue weighted by molar-refractivity contribution is -0.139. The van der Waals surface area contributed by atoms with Crippen LogP contribution < -0.4 is 24.9 Å². The summed E-state index contributed by atoms with van der Waals surface area (Å²) in [7, 11) is 0. The Morgan fingerprint density at radius 1 is 1.18 bits per heavy atom. The van der Waals surface area contributed by atoms with Gasteiger partial charge in [0.15, 0.2) is 11.4 Å².